The average Bonchev–Trinajstić information content (AvgIpc) is 2.99. The van der Waals surface area contributed by atoms with Crippen LogP contribution < -0.4 is 5.32 Å². The average molecular weight is 291 g/mol. The normalized spacial score (nSPS) is 23.0. The number of benzene rings is 1. The van der Waals surface area contributed by atoms with Gasteiger partial charge in [-0.25, -0.2) is 0 Å². The van der Waals surface area contributed by atoms with Gasteiger partial charge in [-0.3, -0.25) is 4.79 Å². The van der Waals surface area contributed by atoms with E-state index in [0.717, 1.165) is 19.4 Å². The second-order valence-electron chi connectivity index (χ2n) is 5.58. The smallest absolute Gasteiger partial charge is 0.246 e. The fraction of sp³-hybridized carbons (Fsp3) is 0.588. The minimum atomic E-state index is -0.0472. The first-order valence-electron chi connectivity index (χ1n) is 7.75. The van der Waals surface area contributed by atoms with Crippen molar-refractivity contribution in [2.75, 3.05) is 19.8 Å². The summed E-state index contributed by atoms with van der Waals surface area (Å²) in [7, 11) is 0. The van der Waals surface area contributed by atoms with E-state index in [1.54, 1.807) is 0 Å². The lowest BCUT2D eigenvalue weighted by molar-refractivity contribution is -0.127. The van der Waals surface area contributed by atoms with Gasteiger partial charge in [0, 0.05) is 19.1 Å². The van der Waals surface area contributed by atoms with Gasteiger partial charge in [0.15, 0.2) is 0 Å². The van der Waals surface area contributed by atoms with Gasteiger partial charge >= 0.3 is 0 Å². The number of amides is 1. The van der Waals surface area contributed by atoms with Crippen LogP contribution in [0, 0.1) is 5.92 Å². The molecule has 1 N–H and O–H groups in total. The lowest BCUT2D eigenvalue weighted by atomic mass is 9.95. The van der Waals surface area contributed by atoms with Crippen molar-refractivity contribution in [2.45, 2.75) is 38.9 Å². The molecule has 1 aliphatic heterocycles. The number of carbonyl (C=O) groups is 1. The third-order valence-electron chi connectivity index (χ3n) is 3.98. The van der Waals surface area contributed by atoms with Gasteiger partial charge in [0.05, 0.1) is 12.2 Å². The molecule has 1 aliphatic rings. The summed E-state index contributed by atoms with van der Waals surface area (Å²) < 4.78 is 11.3. The third kappa shape index (κ3) is 4.83. The van der Waals surface area contributed by atoms with Gasteiger partial charge in [-0.05, 0) is 25.3 Å². The Hall–Kier alpha value is -1.39. The zero-order valence-electron chi connectivity index (χ0n) is 12.9. The van der Waals surface area contributed by atoms with Gasteiger partial charge in [0.25, 0.3) is 0 Å². The predicted octanol–water partition coefficient (Wildman–Crippen LogP) is 2.70. The number of hydrogen-bond acceptors (Lipinski definition) is 3. The molecule has 116 valence electrons. The third-order valence-corrected chi connectivity index (χ3v) is 3.98. The Morgan fingerprint density at radius 1 is 1.43 bits per heavy atom. The summed E-state index contributed by atoms with van der Waals surface area (Å²) >= 11 is 0. The molecule has 0 radical (unpaired) electrons. The van der Waals surface area contributed by atoms with Crippen molar-refractivity contribution in [2.24, 2.45) is 5.92 Å². The molecule has 1 heterocycles. The molecule has 1 aromatic carbocycles. The zero-order chi connectivity index (χ0) is 15.1. The summed E-state index contributed by atoms with van der Waals surface area (Å²) in [6, 6.07) is 10.2. The highest BCUT2D eigenvalue weighted by atomic mass is 16.5. The van der Waals surface area contributed by atoms with Crippen molar-refractivity contribution >= 4 is 5.91 Å². The van der Waals surface area contributed by atoms with Crippen molar-refractivity contribution in [1.29, 1.82) is 0 Å². The second kappa shape index (κ2) is 8.15. The summed E-state index contributed by atoms with van der Waals surface area (Å²) in [6.07, 6.45) is 2.11. The van der Waals surface area contributed by atoms with Gasteiger partial charge in [-0.2, -0.15) is 0 Å². The first-order chi connectivity index (χ1) is 10.2. The van der Waals surface area contributed by atoms with Crippen LogP contribution in [0.25, 0.3) is 0 Å². The molecule has 0 saturated carbocycles. The number of hydrogen-bond donors (Lipinski definition) is 1. The molecule has 4 nitrogen and oxygen atoms in total. The maximum absolute atomic E-state index is 11.8. The second-order valence-corrected chi connectivity index (χ2v) is 5.58. The van der Waals surface area contributed by atoms with Crippen LogP contribution in [0.4, 0.5) is 0 Å². The molecule has 3 atom stereocenters. The first-order valence-corrected chi connectivity index (χ1v) is 7.75. The highest BCUT2D eigenvalue weighted by molar-refractivity contribution is 5.77. The minimum Gasteiger partial charge on any atom is -0.373 e. The van der Waals surface area contributed by atoms with Gasteiger partial charge in [-0.1, -0.05) is 37.3 Å². The molecule has 0 unspecified atom stereocenters. The summed E-state index contributed by atoms with van der Waals surface area (Å²) in [4.78, 5) is 11.8. The van der Waals surface area contributed by atoms with E-state index in [1.807, 2.05) is 32.0 Å². The molecular formula is C17H25NO3. The SMILES string of the molecule is CC[C@@H](C)OCC(=O)NC[C@H]1CCO[C@@H]1c1ccccc1. The number of ether oxygens (including phenoxy) is 2. The topological polar surface area (TPSA) is 47.6 Å². The van der Waals surface area contributed by atoms with Crippen molar-refractivity contribution in [3.05, 3.63) is 35.9 Å². The van der Waals surface area contributed by atoms with E-state index in [9.17, 15) is 4.79 Å². The fourth-order valence-electron chi connectivity index (χ4n) is 2.49. The van der Waals surface area contributed by atoms with Crippen molar-refractivity contribution in [1.82, 2.24) is 5.32 Å². The van der Waals surface area contributed by atoms with Crippen molar-refractivity contribution in [3.8, 4) is 0 Å². The van der Waals surface area contributed by atoms with Crippen LogP contribution in [0.1, 0.15) is 38.4 Å². The minimum absolute atomic E-state index is 0.0472. The van der Waals surface area contributed by atoms with Crippen LogP contribution in [-0.2, 0) is 14.3 Å². The molecule has 21 heavy (non-hydrogen) atoms. The maximum Gasteiger partial charge on any atom is 0.246 e. The largest absolute Gasteiger partial charge is 0.373 e. The molecule has 0 bridgehead atoms. The number of carbonyl (C=O) groups excluding carboxylic acids is 1. The van der Waals surface area contributed by atoms with Crippen LogP contribution in [0.3, 0.4) is 0 Å². The molecule has 1 saturated heterocycles. The fourth-order valence-corrected chi connectivity index (χ4v) is 2.49. The van der Waals surface area contributed by atoms with Crippen molar-refractivity contribution < 1.29 is 14.3 Å². The van der Waals surface area contributed by atoms with Crippen LogP contribution in [0.5, 0.6) is 0 Å². The van der Waals surface area contributed by atoms with Crippen LogP contribution >= 0.6 is 0 Å². The molecule has 1 fully saturated rings. The van der Waals surface area contributed by atoms with Gasteiger partial charge in [0.1, 0.15) is 6.61 Å². The standard InChI is InChI=1S/C17H25NO3/c1-3-13(2)21-12-16(19)18-11-15-9-10-20-17(15)14-7-5-4-6-8-14/h4-8,13,15,17H,3,9-12H2,1-2H3,(H,18,19)/t13-,15-,17-/m1/s1. The summed E-state index contributed by atoms with van der Waals surface area (Å²) in [5, 5.41) is 2.96. The molecule has 2 rings (SSSR count). The monoisotopic (exact) mass is 291 g/mol. The molecule has 1 amide bonds. The molecule has 0 spiro atoms. The first kappa shape index (κ1) is 16.0. The van der Waals surface area contributed by atoms with Gasteiger partial charge in [0.2, 0.25) is 5.91 Å². The van der Waals surface area contributed by atoms with Gasteiger partial charge < -0.3 is 14.8 Å². The highest BCUT2D eigenvalue weighted by Crippen LogP contribution is 2.33. The number of rotatable bonds is 7. The van der Waals surface area contributed by atoms with Crippen LogP contribution in [0.15, 0.2) is 30.3 Å². The zero-order valence-corrected chi connectivity index (χ0v) is 12.9. The van der Waals surface area contributed by atoms with E-state index in [1.165, 1.54) is 5.56 Å². The van der Waals surface area contributed by atoms with E-state index < -0.39 is 0 Å². The Bertz CT molecular complexity index is 435. The molecule has 1 aromatic rings. The van der Waals surface area contributed by atoms with E-state index in [0.29, 0.717) is 12.5 Å². The van der Waals surface area contributed by atoms with E-state index in [2.05, 4.69) is 17.4 Å². The molecule has 0 aromatic heterocycles. The van der Waals surface area contributed by atoms with Crippen LogP contribution in [0.2, 0.25) is 0 Å². The number of nitrogens with one attached hydrogen (secondary N) is 1. The van der Waals surface area contributed by atoms with E-state index in [-0.39, 0.29) is 24.7 Å². The van der Waals surface area contributed by atoms with Gasteiger partial charge in [-0.15, -0.1) is 0 Å². The Morgan fingerprint density at radius 2 is 2.19 bits per heavy atom. The Morgan fingerprint density at radius 3 is 2.90 bits per heavy atom. The van der Waals surface area contributed by atoms with E-state index >= 15 is 0 Å². The Balaban J connectivity index is 1.78. The predicted molar refractivity (Wildman–Crippen MR) is 82.0 cm³/mol. The lowest BCUT2D eigenvalue weighted by Crippen LogP contribution is -2.34. The molecular weight excluding hydrogens is 266 g/mol. The molecule has 0 aliphatic carbocycles. The lowest BCUT2D eigenvalue weighted by Gasteiger charge is -2.19. The quantitative estimate of drug-likeness (QED) is 0.840. The Labute approximate surface area is 126 Å². The Kier molecular flexibility index (Phi) is 6.21. The maximum atomic E-state index is 11.8. The summed E-state index contributed by atoms with van der Waals surface area (Å²) in [5.41, 5.74) is 1.19. The van der Waals surface area contributed by atoms with E-state index in [4.69, 9.17) is 9.47 Å². The summed E-state index contributed by atoms with van der Waals surface area (Å²) in [6.45, 7) is 5.55. The highest BCUT2D eigenvalue weighted by Gasteiger charge is 2.29. The molecule has 4 heteroatoms. The summed E-state index contributed by atoms with van der Waals surface area (Å²) in [5.74, 6) is 0.286. The van der Waals surface area contributed by atoms with Crippen LogP contribution in [-0.4, -0.2) is 31.8 Å². The van der Waals surface area contributed by atoms with Crippen molar-refractivity contribution in [3.63, 3.8) is 0 Å².